The average molecular weight is 239 g/mol. The molecule has 0 aliphatic carbocycles. The Morgan fingerprint density at radius 2 is 2.06 bits per heavy atom. The molecule has 0 aliphatic heterocycles. The molecule has 0 aliphatic rings. The average Bonchev–Trinajstić information content (AvgIpc) is 2.34. The first-order chi connectivity index (χ1) is 8.17. The van der Waals surface area contributed by atoms with Crippen LogP contribution >= 0.6 is 0 Å². The molecule has 1 rings (SSSR count). The van der Waals surface area contributed by atoms with Gasteiger partial charge in [-0.25, -0.2) is 0 Å². The summed E-state index contributed by atoms with van der Waals surface area (Å²) in [6, 6.07) is 4.85. The van der Waals surface area contributed by atoms with Crippen molar-refractivity contribution in [3.8, 4) is 0 Å². The van der Waals surface area contributed by atoms with Gasteiger partial charge < -0.3 is 15.4 Å². The molecule has 1 aromatic rings. The van der Waals surface area contributed by atoms with Crippen LogP contribution in [0.3, 0.4) is 0 Å². The third kappa shape index (κ3) is 4.28. The summed E-state index contributed by atoms with van der Waals surface area (Å²) in [5.74, 6) is 0. The van der Waals surface area contributed by atoms with Crippen LogP contribution < -0.4 is 10.6 Å². The molecule has 0 spiro atoms. The molecule has 0 amide bonds. The highest BCUT2D eigenvalue weighted by Crippen LogP contribution is 2.23. The number of nitro groups is 1. The number of ether oxygens (including phenoxy) is 1. The van der Waals surface area contributed by atoms with Crippen molar-refractivity contribution in [2.45, 2.75) is 6.42 Å². The zero-order valence-corrected chi connectivity index (χ0v) is 10.0. The Morgan fingerprint density at radius 3 is 2.65 bits per heavy atom. The summed E-state index contributed by atoms with van der Waals surface area (Å²) in [6.45, 7) is 1.39. The largest absolute Gasteiger partial charge is 0.388 e. The Balaban J connectivity index is 2.70. The van der Waals surface area contributed by atoms with Gasteiger partial charge in [0.1, 0.15) is 0 Å². The number of rotatable bonds is 7. The number of hydrogen-bond donors (Lipinski definition) is 2. The third-order valence-corrected chi connectivity index (χ3v) is 2.27. The highest BCUT2D eigenvalue weighted by Gasteiger charge is 2.08. The molecule has 0 saturated carbocycles. The fourth-order valence-corrected chi connectivity index (χ4v) is 1.41. The molecule has 6 heteroatoms. The standard InChI is InChI=1S/C11H17N3O3/c1-12-9-6-10(13-4-3-5-17-2)8-11(7-9)14(15)16/h6-8,12-13H,3-5H2,1-2H3. The van der Waals surface area contributed by atoms with Crippen LogP contribution in [0.4, 0.5) is 17.1 Å². The van der Waals surface area contributed by atoms with Crippen LogP contribution in [0.15, 0.2) is 18.2 Å². The SMILES string of the molecule is CNc1cc(NCCCOC)cc([N+](=O)[O-])c1. The normalized spacial score (nSPS) is 10.0. The summed E-state index contributed by atoms with van der Waals surface area (Å²) in [7, 11) is 3.38. The van der Waals surface area contributed by atoms with E-state index < -0.39 is 4.92 Å². The van der Waals surface area contributed by atoms with Crippen molar-refractivity contribution in [1.82, 2.24) is 0 Å². The smallest absolute Gasteiger partial charge is 0.273 e. The number of nitrogens with zero attached hydrogens (tertiary/aromatic N) is 1. The minimum Gasteiger partial charge on any atom is -0.388 e. The number of methoxy groups -OCH3 is 1. The van der Waals surface area contributed by atoms with Crippen molar-refractivity contribution in [3.05, 3.63) is 28.3 Å². The molecule has 1 aromatic carbocycles. The van der Waals surface area contributed by atoms with Gasteiger partial charge in [-0.1, -0.05) is 0 Å². The predicted molar refractivity (Wildman–Crippen MR) is 67.6 cm³/mol. The van der Waals surface area contributed by atoms with Gasteiger partial charge >= 0.3 is 0 Å². The summed E-state index contributed by atoms with van der Waals surface area (Å²) in [5, 5.41) is 16.7. The van der Waals surface area contributed by atoms with Gasteiger partial charge in [0.15, 0.2) is 0 Å². The molecule has 94 valence electrons. The van der Waals surface area contributed by atoms with Crippen LogP contribution in [0.1, 0.15) is 6.42 Å². The van der Waals surface area contributed by atoms with Crippen molar-refractivity contribution >= 4 is 17.1 Å². The number of nitro benzene ring substituents is 1. The Bertz CT molecular complexity index is 382. The highest BCUT2D eigenvalue weighted by molar-refractivity contribution is 5.63. The minimum absolute atomic E-state index is 0.0751. The molecule has 2 N–H and O–H groups in total. The zero-order valence-electron chi connectivity index (χ0n) is 10.0. The zero-order chi connectivity index (χ0) is 12.7. The number of anilines is 2. The Hall–Kier alpha value is -1.82. The van der Waals surface area contributed by atoms with Crippen LogP contribution in [-0.4, -0.2) is 32.2 Å². The molecular weight excluding hydrogens is 222 g/mol. The Morgan fingerprint density at radius 1 is 1.35 bits per heavy atom. The maximum absolute atomic E-state index is 10.7. The van der Waals surface area contributed by atoms with Gasteiger partial charge in [-0.05, 0) is 12.5 Å². The lowest BCUT2D eigenvalue weighted by Gasteiger charge is -2.08. The lowest BCUT2D eigenvalue weighted by atomic mass is 10.2. The first-order valence-corrected chi connectivity index (χ1v) is 5.37. The number of benzene rings is 1. The summed E-state index contributed by atoms with van der Waals surface area (Å²) >= 11 is 0. The van der Waals surface area contributed by atoms with E-state index in [9.17, 15) is 10.1 Å². The van der Waals surface area contributed by atoms with E-state index in [4.69, 9.17) is 4.74 Å². The molecule has 0 unspecified atom stereocenters. The van der Waals surface area contributed by atoms with E-state index in [2.05, 4.69) is 10.6 Å². The maximum atomic E-state index is 10.7. The summed E-state index contributed by atoms with van der Waals surface area (Å²) in [5.41, 5.74) is 1.53. The van der Waals surface area contributed by atoms with Gasteiger partial charge in [0, 0.05) is 50.8 Å². The summed E-state index contributed by atoms with van der Waals surface area (Å²) in [6.07, 6.45) is 0.855. The van der Waals surface area contributed by atoms with Crippen molar-refractivity contribution in [2.75, 3.05) is 37.9 Å². The Kier molecular flexibility index (Phi) is 5.22. The molecule has 0 heterocycles. The van der Waals surface area contributed by atoms with Gasteiger partial charge in [0.05, 0.1) is 4.92 Å². The van der Waals surface area contributed by atoms with Gasteiger partial charge in [-0.2, -0.15) is 0 Å². The number of nitrogens with one attached hydrogen (secondary N) is 2. The van der Waals surface area contributed by atoms with Crippen LogP contribution in [0, 0.1) is 10.1 Å². The van der Waals surface area contributed by atoms with Crippen molar-refractivity contribution in [2.24, 2.45) is 0 Å². The molecule has 0 atom stereocenters. The first-order valence-electron chi connectivity index (χ1n) is 5.37. The Labute approximate surface area is 100 Å². The van der Waals surface area contributed by atoms with E-state index in [0.717, 1.165) is 18.7 Å². The van der Waals surface area contributed by atoms with Gasteiger partial charge in [0.2, 0.25) is 0 Å². The van der Waals surface area contributed by atoms with Crippen LogP contribution in [-0.2, 0) is 4.74 Å². The van der Waals surface area contributed by atoms with Gasteiger partial charge in [-0.15, -0.1) is 0 Å². The lowest BCUT2D eigenvalue weighted by Crippen LogP contribution is -2.05. The molecule has 0 radical (unpaired) electrons. The van der Waals surface area contributed by atoms with Crippen molar-refractivity contribution < 1.29 is 9.66 Å². The second-order valence-corrected chi connectivity index (χ2v) is 3.55. The van der Waals surface area contributed by atoms with Crippen LogP contribution in [0.5, 0.6) is 0 Å². The van der Waals surface area contributed by atoms with Crippen molar-refractivity contribution in [3.63, 3.8) is 0 Å². The van der Waals surface area contributed by atoms with Crippen LogP contribution in [0.25, 0.3) is 0 Å². The van der Waals surface area contributed by atoms with Gasteiger partial charge in [0.25, 0.3) is 5.69 Å². The number of hydrogen-bond acceptors (Lipinski definition) is 5. The number of non-ortho nitro benzene ring substituents is 1. The highest BCUT2D eigenvalue weighted by atomic mass is 16.6. The molecule has 0 aromatic heterocycles. The topological polar surface area (TPSA) is 76.4 Å². The predicted octanol–water partition coefficient (Wildman–Crippen LogP) is 2.08. The van der Waals surface area contributed by atoms with Crippen molar-refractivity contribution in [1.29, 1.82) is 0 Å². The third-order valence-electron chi connectivity index (χ3n) is 2.27. The van der Waals surface area contributed by atoms with Gasteiger partial charge in [-0.3, -0.25) is 10.1 Å². The summed E-state index contributed by atoms with van der Waals surface area (Å²) < 4.78 is 4.93. The summed E-state index contributed by atoms with van der Waals surface area (Å²) in [4.78, 5) is 10.3. The lowest BCUT2D eigenvalue weighted by molar-refractivity contribution is -0.384. The molecular formula is C11H17N3O3. The molecule has 0 bridgehead atoms. The maximum Gasteiger partial charge on any atom is 0.273 e. The van der Waals surface area contributed by atoms with Crippen LogP contribution in [0.2, 0.25) is 0 Å². The quantitative estimate of drug-likeness (QED) is 0.433. The molecule has 0 saturated heterocycles. The molecule has 6 nitrogen and oxygen atoms in total. The minimum atomic E-state index is -0.402. The second-order valence-electron chi connectivity index (χ2n) is 3.55. The van der Waals surface area contributed by atoms with E-state index in [1.165, 1.54) is 12.1 Å². The first kappa shape index (κ1) is 13.2. The fourth-order valence-electron chi connectivity index (χ4n) is 1.41. The molecule has 17 heavy (non-hydrogen) atoms. The van der Waals surface area contributed by atoms with E-state index in [0.29, 0.717) is 12.3 Å². The van der Waals surface area contributed by atoms with E-state index in [-0.39, 0.29) is 5.69 Å². The molecule has 0 fully saturated rings. The van der Waals surface area contributed by atoms with E-state index in [1.54, 1.807) is 14.2 Å². The second kappa shape index (κ2) is 6.70. The van der Waals surface area contributed by atoms with E-state index in [1.807, 2.05) is 6.07 Å². The fraction of sp³-hybridized carbons (Fsp3) is 0.455. The van der Waals surface area contributed by atoms with E-state index >= 15 is 0 Å². The monoisotopic (exact) mass is 239 g/mol.